The van der Waals surface area contributed by atoms with Crippen LogP contribution in [0.15, 0.2) is 78.0 Å². The van der Waals surface area contributed by atoms with Gasteiger partial charge in [0.15, 0.2) is 0 Å². The summed E-state index contributed by atoms with van der Waals surface area (Å²) in [5.41, 5.74) is 0.367. The van der Waals surface area contributed by atoms with Crippen molar-refractivity contribution < 1.29 is 22.7 Å². The number of hydrogen-bond donors (Lipinski definition) is 3. The zero-order chi connectivity index (χ0) is 29.5. The van der Waals surface area contributed by atoms with Crippen LogP contribution >= 0.6 is 0 Å². The molecule has 1 aliphatic rings. The van der Waals surface area contributed by atoms with Crippen LogP contribution in [0.1, 0.15) is 50.4 Å². The van der Waals surface area contributed by atoms with Crippen LogP contribution in [0.5, 0.6) is 0 Å². The molecule has 0 spiro atoms. The number of esters is 1. The van der Waals surface area contributed by atoms with Crippen molar-refractivity contribution in [3.05, 3.63) is 78.6 Å². The SMILES string of the molecule is CC(C)(C)OC(=O)[C@H](CNC(=O)c1cccc(N2CCCC[C@H]2Nc2ncccn2)c1)NS(=O)(=O)c1ccccc1. The van der Waals surface area contributed by atoms with E-state index in [2.05, 4.69) is 30.2 Å². The van der Waals surface area contributed by atoms with E-state index in [0.717, 1.165) is 31.5 Å². The van der Waals surface area contributed by atoms with Gasteiger partial charge in [-0.3, -0.25) is 9.59 Å². The number of amides is 1. The molecule has 0 aliphatic carbocycles. The van der Waals surface area contributed by atoms with Gasteiger partial charge in [-0.25, -0.2) is 18.4 Å². The fourth-order valence-corrected chi connectivity index (χ4v) is 5.64. The van der Waals surface area contributed by atoms with E-state index >= 15 is 0 Å². The van der Waals surface area contributed by atoms with E-state index in [4.69, 9.17) is 4.74 Å². The Morgan fingerprint density at radius 2 is 1.76 bits per heavy atom. The predicted molar refractivity (Wildman–Crippen MR) is 156 cm³/mol. The normalized spacial score (nSPS) is 16.5. The number of piperidine rings is 1. The molecule has 1 saturated heterocycles. The van der Waals surface area contributed by atoms with E-state index in [1.807, 2.05) is 6.07 Å². The summed E-state index contributed by atoms with van der Waals surface area (Å²) in [6, 6.07) is 15.3. The number of carbonyl (C=O) groups is 2. The van der Waals surface area contributed by atoms with Gasteiger partial charge in [-0.2, -0.15) is 4.72 Å². The molecule has 2 heterocycles. The highest BCUT2D eigenvalue weighted by molar-refractivity contribution is 7.89. The number of anilines is 2. The first kappa shape index (κ1) is 29.9. The summed E-state index contributed by atoms with van der Waals surface area (Å²) < 4.78 is 33.7. The Morgan fingerprint density at radius 1 is 1.02 bits per heavy atom. The lowest BCUT2D eigenvalue weighted by Crippen LogP contribution is -2.50. The summed E-state index contributed by atoms with van der Waals surface area (Å²) in [4.78, 5) is 36.9. The minimum Gasteiger partial charge on any atom is -0.459 e. The van der Waals surface area contributed by atoms with Gasteiger partial charge in [-0.1, -0.05) is 24.3 Å². The molecule has 0 bridgehead atoms. The molecule has 0 unspecified atom stereocenters. The third kappa shape index (κ3) is 8.48. The summed E-state index contributed by atoms with van der Waals surface area (Å²) in [5.74, 6) is -0.715. The maximum Gasteiger partial charge on any atom is 0.326 e. The fraction of sp³-hybridized carbons (Fsp3) is 0.379. The molecule has 1 amide bonds. The second-order valence-electron chi connectivity index (χ2n) is 10.7. The highest BCUT2D eigenvalue weighted by atomic mass is 32.2. The van der Waals surface area contributed by atoms with Crippen molar-refractivity contribution in [2.45, 2.75) is 62.7 Å². The summed E-state index contributed by atoms with van der Waals surface area (Å²) in [7, 11) is -4.05. The maximum absolute atomic E-state index is 13.2. The van der Waals surface area contributed by atoms with Gasteiger partial charge >= 0.3 is 5.97 Å². The van der Waals surface area contributed by atoms with Crippen LogP contribution in [0, 0.1) is 0 Å². The number of sulfonamides is 1. The van der Waals surface area contributed by atoms with E-state index in [1.54, 1.807) is 75.6 Å². The van der Waals surface area contributed by atoms with E-state index < -0.39 is 33.5 Å². The number of rotatable bonds is 10. The predicted octanol–water partition coefficient (Wildman–Crippen LogP) is 3.32. The van der Waals surface area contributed by atoms with Crippen molar-refractivity contribution in [3.63, 3.8) is 0 Å². The van der Waals surface area contributed by atoms with Crippen molar-refractivity contribution in [1.29, 1.82) is 0 Å². The molecule has 11 nitrogen and oxygen atoms in total. The average Bonchev–Trinajstić information content (AvgIpc) is 2.95. The monoisotopic (exact) mass is 580 g/mol. The molecule has 12 heteroatoms. The second-order valence-corrected chi connectivity index (χ2v) is 12.4. The number of ether oxygens (including phenoxy) is 1. The topological polar surface area (TPSA) is 143 Å². The molecule has 4 rings (SSSR count). The Bertz CT molecular complexity index is 1430. The maximum atomic E-state index is 13.2. The van der Waals surface area contributed by atoms with Crippen LogP contribution in [0.4, 0.5) is 11.6 Å². The lowest BCUT2D eigenvalue weighted by atomic mass is 10.1. The summed E-state index contributed by atoms with van der Waals surface area (Å²) in [6.45, 7) is 5.54. The van der Waals surface area contributed by atoms with Crippen molar-refractivity contribution in [2.75, 3.05) is 23.3 Å². The highest BCUT2D eigenvalue weighted by Gasteiger charge is 2.31. The van der Waals surface area contributed by atoms with Gasteiger partial charge in [-0.05, 0) is 76.4 Å². The van der Waals surface area contributed by atoms with E-state index in [0.29, 0.717) is 11.5 Å². The smallest absolute Gasteiger partial charge is 0.326 e. The van der Waals surface area contributed by atoms with Gasteiger partial charge in [-0.15, -0.1) is 0 Å². The van der Waals surface area contributed by atoms with Gasteiger partial charge in [0.05, 0.1) is 4.90 Å². The molecule has 0 radical (unpaired) electrons. The van der Waals surface area contributed by atoms with Crippen molar-refractivity contribution in [2.24, 2.45) is 0 Å². The average molecular weight is 581 g/mol. The first-order valence-corrected chi connectivity index (χ1v) is 15.0. The number of carbonyl (C=O) groups excluding carboxylic acids is 2. The molecule has 1 aromatic heterocycles. The Hall–Kier alpha value is -4.03. The van der Waals surface area contributed by atoms with Crippen LogP contribution in [-0.4, -0.2) is 61.2 Å². The number of hydrogen-bond acceptors (Lipinski definition) is 9. The molecule has 0 saturated carbocycles. The van der Waals surface area contributed by atoms with Gasteiger partial charge in [0.1, 0.15) is 17.8 Å². The molecule has 41 heavy (non-hydrogen) atoms. The van der Waals surface area contributed by atoms with E-state index in [9.17, 15) is 18.0 Å². The molecule has 2 atom stereocenters. The van der Waals surface area contributed by atoms with Gasteiger partial charge < -0.3 is 20.3 Å². The summed E-state index contributed by atoms with van der Waals surface area (Å²) in [5, 5.41) is 6.07. The highest BCUT2D eigenvalue weighted by Crippen LogP contribution is 2.26. The van der Waals surface area contributed by atoms with Crippen LogP contribution in [0.3, 0.4) is 0 Å². The first-order valence-electron chi connectivity index (χ1n) is 13.5. The number of benzene rings is 2. The number of aromatic nitrogens is 2. The quantitative estimate of drug-likeness (QED) is 0.308. The lowest BCUT2D eigenvalue weighted by Gasteiger charge is -2.38. The van der Waals surface area contributed by atoms with E-state index in [1.165, 1.54) is 12.1 Å². The van der Waals surface area contributed by atoms with Crippen LogP contribution in [0.2, 0.25) is 0 Å². The Labute approximate surface area is 240 Å². The van der Waals surface area contributed by atoms with Crippen molar-refractivity contribution in [3.8, 4) is 0 Å². The summed E-state index contributed by atoms with van der Waals surface area (Å²) in [6.07, 6.45) is 6.24. The standard InChI is InChI=1S/C29H36N6O5S/c1-29(2,3)40-27(37)24(34-41(38,39)23-13-5-4-6-14-23)20-32-26(36)21-11-9-12-22(19-21)35-18-8-7-15-25(35)33-28-30-16-10-17-31-28/h4-6,9-14,16-17,19,24-25,34H,7-8,15,18,20H2,1-3H3,(H,32,36)(H,30,31,33)/t24-,25-/m0/s1. The molecule has 1 aliphatic heterocycles. The molecule has 2 aromatic carbocycles. The molecule has 3 aromatic rings. The molecule has 218 valence electrons. The van der Waals surface area contributed by atoms with Gasteiger partial charge in [0.25, 0.3) is 5.91 Å². The fourth-order valence-electron chi connectivity index (χ4n) is 4.44. The molecular formula is C29H36N6O5S. The molecular weight excluding hydrogens is 544 g/mol. The second kappa shape index (κ2) is 13.1. The largest absolute Gasteiger partial charge is 0.459 e. The van der Waals surface area contributed by atoms with Crippen molar-refractivity contribution in [1.82, 2.24) is 20.0 Å². The lowest BCUT2D eigenvalue weighted by molar-refractivity contribution is -0.156. The first-order chi connectivity index (χ1) is 19.5. The Morgan fingerprint density at radius 3 is 2.46 bits per heavy atom. The van der Waals surface area contributed by atoms with Crippen molar-refractivity contribution >= 4 is 33.5 Å². The molecule has 1 fully saturated rings. The third-order valence-corrected chi connectivity index (χ3v) is 7.80. The number of nitrogens with one attached hydrogen (secondary N) is 3. The Kier molecular flexibility index (Phi) is 9.56. The zero-order valence-corrected chi connectivity index (χ0v) is 24.2. The third-order valence-electron chi connectivity index (χ3n) is 6.31. The number of nitrogens with zero attached hydrogens (tertiary/aromatic N) is 3. The minimum absolute atomic E-state index is 0.00168. The van der Waals surface area contributed by atoms with Gasteiger partial charge in [0, 0.05) is 36.7 Å². The van der Waals surface area contributed by atoms with Crippen LogP contribution in [0.25, 0.3) is 0 Å². The Balaban J connectivity index is 1.48. The van der Waals surface area contributed by atoms with Gasteiger partial charge in [0.2, 0.25) is 16.0 Å². The molecule has 3 N–H and O–H groups in total. The van der Waals surface area contributed by atoms with Crippen LogP contribution in [-0.2, 0) is 19.6 Å². The zero-order valence-electron chi connectivity index (χ0n) is 23.4. The minimum atomic E-state index is -4.05. The summed E-state index contributed by atoms with van der Waals surface area (Å²) >= 11 is 0. The van der Waals surface area contributed by atoms with Crippen LogP contribution < -0.4 is 20.3 Å². The van der Waals surface area contributed by atoms with E-state index in [-0.39, 0.29) is 17.6 Å².